The van der Waals surface area contributed by atoms with Crippen molar-refractivity contribution in [3.63, 3.8) is 0 Å². The van der Waals surface area contributed by atoms with Gasteiger partial charge in [-0.3, -0.25) is 4.79 Å². The van der Waals surface area contributed by atoms with E-state index in [1.54, 1.807) is 23.3 Å². The van der Waals surface area contributed by atoms with Crippen molar-refractivity contribution >= 4 is 23.6 Å². The quantitative estimate of drug-likeness (QED) is 0.119. The van der Waals surface area contributed by atoms with Crippen molar-refractivity contribution in [1.82, 2.24) is 24.6 Å². The molecular formula is C32H27ClN6O2. The molecule has 0 aliphatic heterocycles. The van der Waals surface area contributed by atoms with Crippen LogP contribution >= 0.6 is 11.6 Å². The Hall–Kier alpha value is -5.13. The molecule has 0 spiro atoms. The van der Waals surface area contributed by atoms with Crippen molar-refractivity contribution < 1.29 is 9.53 Å². The number of hydrogen-bond acceptors (Lipinski definition) is 5. The highest BCUT2D eigenvalue weighted by molar-refractivity contribution is 6.31. The van der Waals surface area contributed by atoms with Gasteiger partial charge in [-0.15, -0.1) is 0 Å². The molecule has 1 N–H and O–H groups in total. The van der Waals surface area contributed by atoms with E-state index in [-0.39, 0.29) is 5.57 Å². The molecule has 0 aliphatic rings. The topological polar surface area (TPSA) is 97.8 Å². The van der Waals surface area contributed by atoms with Crippen molar-refractivity contribution in [3.05, 3.63) is 126 Å². The zero-order valence-corrected chi connectivity index (χ0v) is 22.9. The molecule has 0 saturated carbocycles. The van der Waals surface area contributed by atoms with Gasteiger partial charge in [-0.25, -0.2) is 9.67 Å². The predicted molar refractivity (Wildman–Crippen MR) is 158 cm³/mol. The number of aromatic nitrogens is 4. The average Bonchev–Trinajstić information content (AvgIpc) is 3.69. The Bertz CT molecular complexity index is 1690. The number of aryl methyl sites for hydroxylation is 1. The summed E-state index contributed by atoms with van der Waals surface area (Å²) >= 11 is 6.29. The Morgan fingerprint density at radius 1 is 1.07 bits per heavy atom. The molecule has 5 aromatic rings. The van der Waals surface area contributed by atoms with Crippen molar-refractivity contribution in [2.24, 2.45) is 0 Å². The molecule has 2 aromatic heterocycles. The first kappa shape index (κ1) is 27.4. The summed E-state index contributed by atoms with van der Waals surface area (Å²) in [5.41, 5.74) is 3.74. The van der Waals surface area contributed by atoms with E-state index in [0.29, 0.717) is 41.6 Å². The van der Waals surface area contributed by atoms with Gasteiger partial charge in [-0.1, -0.05) is 60.1 Å². The number of carbonyl (C=O) groups is 1. The molecule has 9 heteroatoms. The van der Waals surface area contributed by atoms with Gasteiger partial charge in [0.1, 0.15) is 29.7 Å². The molecule has 3 aromatic carbocycles. The van der Waals surface area contributed by atoms with Crippen molar-refractivity contribution in [3.8, 4) is 28.8 Å². The number of carbonyl (C=O) groups excluding carboxylic acids is 1. The number of halogens is 1. The van der Waals surface area contributed by atoms with Crippen molar-refractivity contribution in [2.75, 3.05) is 6.54 Å². The molecule has 0 aliphatic carbocycles. The molecule has 0 atom stereocenters. The monoisotopic (exact) mass is 562 g/mol. The van der Waals surface area contributed by atoms with Crippen LogP contribution in [-0.4, -0.2) is 31.8 Å². The van der Waals surface area contributed by atoms with E-state index in [0.717, 1.165) is 23.4 Å². The number of para-hydroxylation sites is 1. The summed E-state index contributed by atoms with van der Waals surface area (Å²) < 4.78 is 9.70. The molecule has 0 unspecified atom stereocenters. The van der Waals surface area contributed by atoms with E-state index in [4.69, 9.17) is 21.4 Å². The maximum atomic E-state index is 12.9. The highest BCUT2D eigenvalue weighted by Crippen LogP contribution is 2.29. The number of amides is 1. The van der Waals surface area contributed by atoms with Gasteiger partial charge >= 0.3 is 0 Å². The molecule has 41 heavy (non-hydrogen) atoms. The third-order valence-corrected chi connectivity index (χ3v) is 6.69. The second-order valence-corrected chi connectivity index (χ2v) is 9.61. The minimum absolute atomic E-state index is 0.00684. The Morgan fingerprint density at radius 2 is 1.90 bits per heavy atom. The van der Waals surface area contributed by atoms with E-state index >= 15 is 0 Å². The molecule has 5 rings (SSSR count). The molecular weight excluding hydrogens is 536 g/mol. The van der Waals surface area contributed by atoms with Crippen LogP contribution in [0.15, 0.2) is 109 Å². The number of nitriles is 1. The fourth-order valence-electron chi connectivity index (χ4n) is 4.22. The summed E-state index contributed by atoms with van der Waals surface area (Å²) in [5.74, 6) is 0.205. The molecule has 0 saturated heterocycles. The predicted octanol–water partition coefficient (Wildman–Crippen LogP) is 6.08. The number of rotatable bonds is 11. The van der Waals surface area contributed by atoms with Crippen LogP contribution in [-0.2, 0) is 17.9 Å². The van der Waals surface area contributed by atoms with Gasteiger partial charge in [0.15, 0.2) is 0 Å². The van der Waals surface area contributed by atoms with Crippen molar-refractivity contribution in [2.45, 2.75) is 19.6 Å². The van der Waals surface area contributed by atoms with E-state index in [1.165, 1.54) is 0 Å². The summed E-state index contributed by atoms with van der Waals surface area (Å²) in [6.07, 6.45) is 9.40. The lowest BCUT2D eigenvalue weighted by molar-refractivity contribution is -0.117. The summed E-state index contributed by atoms with van der Waals surface area (Å²) in [5, 5.41) is 18.1. The Balaban J connectivity index is 1.40. The Kier molecular flexibility index (Phi) is 8.89. The Labute approximate surface area is 243 Å². The Morgan fingerprint density at radius 3 is 2.68 bits per heavy atom. The number of benzene rings is 3. The summed E-state index contributed by atoms with van der Waals surface area (Å²) in [6, 6.07) is 26.8. The second kappa shape index (κ2) is 13.3. The molecule has 0 fully saturated rings. The third-order valence-electron chi connectivity index (χ3n) is 6.33. The molecule has 2 heterocycles. The fraction of sp³-hybridized carbons (Fsp3) is 0.125. The van der Waals surface area contributed by atoms with Crippen LogP contribution in [0.2, 0.25) is 5.02 Å². The number of ether oxygens (including phenoxy) is 1. The van der Waals surface area contributed by atoms with Crippen molar-refractivity contribution in [1.29, 1.82) is 5.26 Å². The standard InChI is InChI=1S/C32H27ClN6O2/c33-30-13-5-4-8-25(30)22-41-29-12-6-9-24(19-29)31-27(21-39(37-31)28-10-2-1-3-11-28)18-26(20-34)32(40)36-14-7-16-38-17-15-35-23-38/h1-6,8-13,15,17-19,21,23H,7,14,16,22H2,(H,36,40)/b26-18-. The van der Waals surface area contributed by atoms with E-state index in [9.17, 15) is 10.1 Å². The first-order valence-electron chi connectivity index (χ1n) is 13.1. The number of nitrogens with one attached hydrogen (secondary N) is 1. The summed E-state index contributed by atoms with van der Waals surface area (Å²) in [4.78, 5) is 16.9. The van der Waals surface area contributed by atoms with Crippen LogP contribution < -0.4 is 10.1 Å². The molecule has 1 amide bonds. The summed E-state index contributed by atoms with van der Waals surface area (Å²) in [7, 11) is 0. The molecule has 0 bridgehead atoms. The van der Waals surface area contributed by atoms with Gasteiger partial charge in [-0.2, -0.15) is 10.4 Å². The van der Waals surface area contributed by atoms with Gasteiger partial charge in [0.25, 0.3) is 5.91 Å². The number of hydrogen-bond donors (Lipinski definition) is 1. The van der Waals surface area contributed by atoms with E-state index < -0.39 is 5.91 Å². The highest BCUT2D eigenvalue weighted by atomic mass is 35.5. The first-order valence-corrected chi connectivity index (χ1v) is 13.5. The van der Waals surface area contributed by atoms with Crippen LogP contribution in [0.5, 0.6) is 5.75 Å². The summed E-state index contributed by atoms with van der Waals surface area (Å²) in [6.45, 7) is 1.46. The third kappa shape index (κ3) is 7.10. The zero-order valence-electron chi connectivity index (χ0n) is 22.2. The van der Waals surface area contributed by atoms with Crippen LogP contribution in [0.25, 0.3) is 23.0 Å². The number of nitrogens with zero attached hydrogens (tertiary/aromatic N) is 5. The van der Waals surface area contributed by atoms with Crippen LogP contribution in [0.3, 0.4) is 0 Å². The van der Waals surface area contributed by atoms with Gasteiger partial charge < -0.3 is 14.6 Å². The maximum absolute atomic E-state index is 12.9. The highest BCUT2D eigenvalue weighted by Gasteiger charge is 2.16. The van der Waals surface area contributed by atoms with E-state index in [1.807, 2.05) is 102 Å². The molecule has 0 radical (unpaired) electrons. The minimum Gasteiger partial charge on any atom is -0.489 e. The normalized spacial score (nSPS) is 11.2. The smallest absolute Gasteiger partial charge is 0.261 e. The van der Waals surface area contributed by atoms with Crippen LogP contribution in [0.1, 0.15) is 17.5 Å². The number of imidazole rings is 1. The minimum atomic E-state index is -0.437. The second-order valence-electron chi connectivity index (χ2n) is 9.20. The lowest BCUT2D eigenvalue weighted by Gasteiger charge is -2.09. The first-order chi connectivity index (χ1) is 20.1. The lowest BCUT2D eigenvalue weighted by atomic mass is 10.1. The van der Waals surface area contributed by atoms with E-state index in [2.05, 4.69) is 10.3 Å². The average molecular weight is 563 g/mol. The lowest BCUT2D eigenvalue weighted by Crippen LogP contribution is -2.26. The zero-order chi connectivity index (χ0) is 28.4. The van der Waals surface area contributed by atoms with Crippen LogP contribution in [0, 0.1) is 11.3 Å². The molecule has 204 valence electrons. The van der Waals surface area contributed by atoms with Gasteiger partial charge in [0.2, 0.25) is 0 Å². The van der Waals surface area contributed by atoms with Gasteiger partial charge in [0.05, 0.1) is 12.0 Å². The SMILES string of the molecule is N#C/C(=C/c1cn(-c2ccccc2)nc1-c1cccc(OCc2ccccc2Cl)c1)C(=O)NCCCn1ccnc1. The van der Waals surface area contributed by atoms with Crippen LogP contribution in [0.4, 0.5) is 0 Å². The molecule has 8 nitrogen and oxygen atoms in total. The maximum Gasteiger partial charge on any atom is 0.261 e. The van der Waals surface area contributed by atoms with Gasteiger partial charge in [-0.05, 0) is 42.8 Å². The largest absolute Gasteiger partial charge is 0.489 e. The fourth-order valence-corrected chi connectivity index (χ4v) is 4.41. The van der Waals surface area contributed by atoms with Gasteiger partial charge in [0, 0.05) is 53.4 Å².